The first-order valence-electron chi connectivity index (χ1n) is 7.28. The first-order chi connectivity index (χ1) is 11.7. The van der Waals surface area contributed by atoms with Crippen molar-refractivity contribution in [3.8, 4) is 6.07 Å². The molecule has 4 rings (SSSR count). The lowest BCUT2D eigenvalue weighted by Crippen LogP contribution is -2.34. The standard InChI is InChI=1S/C15H10F4N4O2/c16-9-4-21-23-8(3-20)1-2-10(11(9)23)22-6-13(12(24)25)5-14(13,7-22)15(17,18)19/h1-2,4H,5-7H2,(H,24,25)/t13-,14-/m0/s1. The van der Waals surface area contributed by atoms with Crippen molar-refractivity contribution in [1.82, 2.24) is 9.61 Å². The maximum Gasteiger partial charge on any atom is 0.397 e. The van der Waals surface area contributed by atoms with Crippen LogP contribution in [-0.2, 0) is 4.79 Å². The molecule has 0 bridgehead atoms. The minimum absolute atomic E-state index is 0.0190. The number of halogens is 4. The minimum atomic E-state index is -4.68. The molecule has 1 aliphatic heterocycles. The summed E-state index contributed by atoms with van der Waals surface area (Å²) in [6.45, 7) is -0.955. The summed E-state index contributed by atoms with van der Waals surface area (Å²) < 4.78 is 55.6. The van der Waals surface area contributed by atoms with Gasteiger partial charge in [0, 0.05) is 13.1 Å². The van der Waals surface area contributed by atoms with Gasteiger partial charge in [-0.05, 0) is 18.6 Å². The van der Waals surface area contributed by atoms with Crippen LogP contribution in [0.25, 0.3) is 5.52 Å². The average molecular weight is 354 g/mol. The lowest BCUT2D eigenvalue weighted by Gasteiger charge is -2.24. The van der Waals surface area contributed by atoms with Gasteiger partial charge in [-0.2, -0.15) is 23.5 Å². The molecule has 3 heterocycles. The quantitative estimate of drug-likeness (QED) is 0.836. The van der Waals surface area contributed by atoms with E-state index in [2.05, 4.69) is 5.10 Å². The number of fused-ring (bicyclic) bond motifs is 2. The zero-order valence-corrected chi connectivity index (χ0v) is 12.5. The number of aliphatic carboxylic acids is 1. The molecule has 2 fully saturated rings. The fourth-order valence-corrected chi connectivity index (χ4v) is 3.96. The number of nitriles is 1. The highest BCUT2D eigenvalue weighted by Crippen LogP contribution is 2.75. The molecule has 0 amide bonds. The lowest BCUT2D eigenvalue weighted by molar-refractivity contribution is -0.194. The number of carbonyl (C=O) groups is 1. The Kier molecular flexibility index (Phi) is 2.77. The lowest BCUT2D eigenvalue weighted by atomic mass is 9.96. The maximum atomic E-state index is 14.1. The Balaban J connectivity index is 1.84. The number of aromatic nitrogens is 2. The Labute approximate surface area is 137 Å². The van der Waals surface area contributed by atoms with Crippen LogP contribution >= 0.6 is 0 Å². The molecule has 1 aliphatic carbocycles. The summed E-state index contributed by atoms with van der Waals surface area (Å²) in [5.41, 5.74) is -4.30. The second-order valence-electron chi connectivity index (χ2n) is 6.47. The Bertz CT molecular complexity index is 963. The van der Waals surface area contributed by atoms with Gasteiger partial charge in [0.05, 0.1) is 11.9 Å². The SMILES string of the molecule is N#Cc1ccc(N2C[C@]3(C(=O)O)C[C@]3(C(F)(F)F)C2)c2c(F)cnn12. The number of carboxylic acids is 1. The third kappa shape index (κ3) is 1.72. The zero-order chi connectivity index (χ0) is 18.2. The van der Waals surface area contributed by atoms with Crippen molar-refractivity contribution in [2.45, 2.75) is 12.6 Å². The van der Waals surface area contributed by atoms with Gasteiger partial charge in [-0.3, -0.25) is 4.79 Å². The van der Waals surface area contributed by atoms with E-state index in [9.17, 15) is 27.5 Å². The predicted molar refractivity (Wildman–Crippen MR) is 75.3 cm³/mol. The molecule has 1 saturated carbocycles. The summed E-state index contributed by atoms with van der Waals surface area (Å²) in [5.74, 6) is -2.30. The van der Waals surface area contributed by atoms with Crippen LogP contribution < -0.4 is 4.90 Å². The Morgan fingerprint density at radius 2 is 2.08 bits per heavy atom. The molecule has 2 atom stereocenters. The second kappa shape index (κ2) is 4.41. The predicted octanol–water partition coefficient (Wildman–Crippen LogP) is 2.19. The highest BCUT2D eigenvalue weighted by atomic mass is 19.4. The summed E-state index contributed by atoms with van der Waals surface area (Å²) >= 11 is 0. The third-order valence-electron chi connectivity index (χ3n) is 5.32. The van der Waals surface area contributed by atoms with E-state index in [4.69, 9.17) is 5.26 Å². The first-order valence-corrected chi connectivity index (χ1v) is 7.28. The normalized spacial score (nSPS) is 28.0. The van der Waals surface area contributed by atoms with Gasteiger partial charge in [-0.15, -0.1) is 0 Å². The average Bonchev–Trinajstić information content (AvgIpc) is 2.87. The molecule has 10 heteroatoms. The van der Waals surface area contributed by atoms with Crippen molar-refractivity contribution in [3.05, 3.63) is 29.8 Å². The number of piperidine rings is 1. The van der Waals surface area contributed by atoms with Crippen molar-refractivity contribution < 1.29 is 27.5 Å². The molecule has 2 aromatic rings. The van der Waals surface area contributed by atoms with Crippen LogP contribution in [0.15, 0.2) is 18.3 Å². The second-order valence-corrected chi connectivity index (χ2v) is 6.47. The van der Waals surface area contributed by atoms with Crippen LogP contribution in [0.2, 0.25) is 0 Å². The molecular weight excluding hydrogens is 344 g/mol. The number of hydrogen-bond donors (Lipinski definition) is 1. The summed E-state index contributed by atoms with van der Waals surface area (Å²) in [4.78, 5) is 12.7. The van der Waals surface area contributed by atoms with E-state index >= 15 is 0 Å². The maximum absolute atomic E-state index is 14.1. The van der Waals surface area contributed by atoms with Crippen LogP contribution in [0.1, 0.15) is 12.1 Å². The van der Waals surface area contributed by atoms with Gasteiger partial charge in [0.1, 0.15) is 28.1 Å². The van der Waals surface area contributed by atoms with Crippen molar-refractivity contribution in [1.29, 1.82) is 5.26 Å². The van der Waals surface area contributed by atoms with E-state index in [-0.39, 0.29) is 23.4 Å². The molecule has 6 nitrogen and oxygen atoms in total. The van der Waals surface area contributed by atoms with Crippen LogP contribution in [0.5, 0.6) is 0 Å². The minimum Gasteiger partial charge on any atom is -0.481 e. The van der Waals surface area contributed by atoms with Crippen LogP contribution in [0.3, 0.4) is 0 Å². The smallest absolute Gasteiger partial charge is 0.397 e. The summed E-state index contributed by atoms with van der Waals surface area (Å²) in [5, 5.41) is 22.1. The molecule has 2 aromatic heterocycles. The first kappa shape index (κ1) is 15.7. The zero-order valence-electron chi connectivity index (χ0n) is 12.5. The van der Waals surface area contributed by atoms with E-state index in [1.807, 2.05) is 6.07 Å². The van der Waals surface area contributed by atoms with Gasteiger partial charge in [0.15, 0.2) is 5.82 Å². The van der Waals surface area contributed by atoms with E-state index in [1.54, 1.807) is 0 Å². The Hall–Kier alpha value is -2.83. The summed E-state index contributed by atoms with van der Waals surface area (Å²) in [7, 11) is 0. The number of hydrogen-bond acceptors (Lipinski definition) is 4. The number of carboxylic acid groups (broad SMARTS) is 1. The molecule has 25 heavy (non-hydrogen) atoms. The fraction of sp³-hybridized carbons (Fsp3) is 0.400. The third-order valence-corrected chi connectivity index (χ3v) is 5.32. The van der Waals surface area contributed by atoms with Gasteiger partial charge in [-0.25, -0.2) is 8.91 Å². The number of nitrogens with zero attached hydrogens (tertiary/aromatic N) is 4. The molecule has 130 valence electrons. The molecule has 0 aromatic carbocycles. The van der Waals surface area contributed by atoms with Crippen molar-refractivity contribution in [3.63, 3.8) is 0 Å². The molecule has 1 saturated heterocycles. The van der Waals surface area contributed by atoms with E-state index < -0.39 is 41.8 Å². The summed E-state index contributed by atoms with van der Waals surface area (Å²) in [6, 6.07) is 4.45. The van der Waals surface area contributed by atoms with E-state index in [0.29, 0.717) is 0 Å². The van der Waals surface area contributed by atoms with Crippen molar-refractivity contribution >= 4 is 17.2 Å². The molecule has 0 unspecified atom stereocenters. The summed E-state index contributed by atoms with van der Waals surface area (Å²) in [6.07, 6.45) is -4.30. The Morgan fingerprint density at radius 1 is 1.36 bits per heavy atom. The monoisotopic (exact) mass is 354 g/mol. The molecule has 0 spiro atoms. The molecule has 2 aliphatic rings. The van der Waals surface area contributed by atoms with Crippen molar-refractivity contribution in [2.75, 3.05) is 18.0 Å². The number of alkyl halides is 3. The fourth-order valence-electron chi connectivity index (χ4n) is 3.96. The van der Waals surface area contributed by atoms with Gasteiger partial charge >= 0.3 is 12.1 Å². The molecular formula is C15H10F4N4O2. The molecule has 1 N–H and O–H groups in total. The number of rotatable bonds is 2. The van der Waals surface area contributed by atoms with Gasteiger partial charge in [0.2, 0.25) is 0 Å². The van der Waals surface area contributed by atoms with E-state index in [0.717, 1.165) is 10.7 Å². The van der Waals surface area contributed by atoms with Gasteiger partial charge in [-0.1, -0.05) is 0 Å². The highest BCUT2D eigenvalue weighted by molar-refractivity contribution is 5.85. The van der Waals surface area contributed by atoms with Gasteiger partial charge < -0.3 is 10.0 Å². The van der Waals surface area contributed by atoms with Gasteiger partial charge in [0.25, 0.3) is 0 Å². The van der Waals surface area contributed by atoms with Crippen LogP contribution in [0.4, 0.5) is 23.2 Å². The van der Waals surface area contributed by atoms with Crippen molar-refractivity contribution in [2.24, 2.45) is 10.8 Å². The topological polar surface area (TPSA) is 81.6 Å². The van der Waals surface area contributed by atoms with Crippen LogP contribution in [0, 0.1) is 28.0 Å². The molecule has 0 radical (unpaired) electrons. The number of anilines is 1. The highest BCUT2D eigenvalue weighted by Gasteiger charge is 2.86. The van der Waals surface area contributed by atoms with Crippen LogP contribution in [-0.4, -0.2) is 40.0 Å². The largest absolute Gasteiger partial charge is 0.481 e. The number of pyridine rings is 1. The Morgan fingerprint density at radius 3 is 2.64 bits per heavy atom. The van der Waals surface area contributed by atoms with E-state index in [1.165, 1.54) is 17.0 Å².